The number of nitrogens with zero attached hydrogens (tertiary/aromatic N) is 7. The maximum Gasteiger partial charge on any atom is 0.169 e. The summed E-state index contributed by atoms with van der Waals surface area (Å²) in [5.74, 6) is 0.109. The Balaban J connectivity index is 0.000000131. The monoisotopic (exact) mass is 1000 g/mol. The number of rotatable bonds is 7. The van der Waals surface area contributed by atoms with E-state index in [0.717, 1.165) is 50.1 Å². The van der Waals surface area contributed by atoms with Crippen LogP contribution in [-0.4, -0.2) is 39.5 Å². The van der Waals surface area contributed by atoms with Crippen molar-refractivity contribution in [1.82, 2.24) is 39.5 Å². The number of halogens is 3. The van der Waals surface area contributed by atoms with Gasteiger partial charge in [0.25, 0.3) is 0 Å². The summed E-state index contributed by atoms with van der Waals surface area (Å²) in [6.07, 6.45) is 0. The summed E-state index contributed by atoms with van der Waals surface area (Å²) in [7, 11) is 0. The Kier molecular flexibility index (Phi) is 13.1. The van der Waals surface area contributed by atoms with E-state index in [1.165, 1.54) is 40.0 Å². The summed E-state index contributed by atoms with van der Waals surface area (Å²) < 4.78 is 45.8. The van der Waals surface area contributed by atoms with Crippen molar-refractivity contribution in [2.75, 3.05) is 0 Å². The third-order valence-electron chi connectivity index (χ3n) is 13.0. The van der Waals surface area contributed by atoms with E-state index >= 15 is 4.39 Å². The zero-order valence-corrected chi connectivity index (χ0v) is 41.0. The molecule has 0 radical (unpaired) electrons. The first-order valence-corrected chi connectivity index (χ1v) is 24.9. The number of para-hydroxylation sites is 5. The molecule has 4 aromatic heterocycles. The van der Waals surface area contributed by atoms with Gasteiger partial charge in [-0.25, -0.2) is 43.1 Å². The Bertz CT molecular complexity index is 4160. The molecule has 0 bridgehead atoms. The minimum atomic E-state index is -0.975. The Hall–Kier alpha value is -10.4. The van der Waals surface area contributed by atoms with Crippen LogP contribution in [0.15, 0.2) is 255 Å². The molecule has 0 amide bonds. The van der Waals surface area contributed by atoms with Crippen molar-refractivity contribution < 1.29 is 13.2 Å². The molecule has 11 heteroatoms. The second-order valence-electron chi connectivity index (χ2n) is 17.9. The molecule has 0 saturated heterocycles. The van der Waals surface area contributed by atoms with Crippen molar-refractivity contribution >= 4 is 43.6 Å². The van der Waals surface area contributed by atoms with Crippen molar-refractivity contribution in [2.45, 2.75) is 0 Å². The van der Waals surface area contributed by atoms with Crippen molar-refractivity contribution in [2.24, 2.45) is 0 Å². The fourth-order valence-corrected chi connectivity index (χ4v) is 9.42. The molecular formula is C66H43F3N8. The minimum absolute atomic E-state index is 0.00163. The van der Waals surface area contributed by atoms with Crippen LogP contribution < -0.4 is 0 Å². The fourth-order valence-electron chi connectivity index (χ4n) is 9.42. The summed E-state index contributed by atoms with van der Waals surface area (Å²) in [6, 6.07) is 80.1. The molecule has 14 rings (SSSR count). The van der Waals surface area contributed by atoms with Crippen LogP contribution in [0.4, 0.5) is 13.2 Å². The van der Waals surface area contributed by atoms with Gasteiger partial charge in [-0.1, -0.05) is 206 Å². The lowest BCUT2D eigenvalue weighted by Gasteiger charge is -2.15. The fraction of sp³-hybridized carbons (Fsp3) is 0. The molecule has 77 heavy (non-hydrogen) atoms. The van der Waals surface area contributed by atoms with Crippen LogP contribution in [0.25, 0.3) is 118 Å². The van der Waals surface area contributed by atoms with Crippen molar-refractivity contribution in [3.05, 3.63) is 272 Å². The Morgan fingerprint density at radius 2 is 0.597 bits per heavy atom. The standard InChI is InChI=1S/C33H21FN4.C21H13F2N3.C12H9N/c34-27-19-11-18-26(30(27)38-28-20-9-7-16-24(28)25-17-8-10-21-29(25)38)33-36-31(22-12-3-1-4-13-22)35-32(37-33)23-14-5-2-6-15-23;22-17-13-7-12-16(18(17)23)21-25-19(14-8-3-1-4-9-14)24-20(26-21)15-10-5-2-6-11-15;1-3-7-11-9(5-1)10-6-2-4-8-12(10)13-11/h1-21H;1-13H;1-8,13H. The van der Waals surface area contributed by atoms with Gasteiger partial charge in [-0.05, 0) is 48.5 Å². The van der Waals surface area contributed by atoms with Crippen LogP contribution in [0.5, 0.6) is 0 Å². The van der Waals surface area contributed by atoms with Gasteiger partial charge in [-0.3, -0.25) is 0 Å². The van der Waals surface area contributed by atoms with E-state index in [4.69, 9.17) is 15.0 Å². The summed E-state index contributed by atoms with van der Waals surface area (Å²) in [6.45, 7) is 0. The third-order valence-corrected chi connectivity index (χ3v) is 13.0. The number of hydrogen-bond acceptors (Lipinski definition) is 6. The van der Waals surface area contributed by atoms with Crippen molar-refractivity contribution in [1.29, 1.82) is 0 Å². The first-order chi connectivity index (χ1) is 37.9. The van der Waals surface area contributed by atoms with E-state index in [-0.39, 0.29) is 17.2 Å². The molecule has 1 N–H and O–H groups in total. The largest absolute Gasteiger partial charge is 0.355 e. The van der Waals surface area contributed by atoms with E-state index in [1.807, 2.05) is 168 Å². The second kappa shape index (κ2) is 21.2. The van der Waals surface area contributed by atoms with Crippen LogP contribution in [-0.2, 0) is 0 Å². The Morgan fingerprint density at radius 3 is 1.03 bits per heavy atom. The van der Waals surface area contributed by atoms with Gasteiger partial charge < -0.3 is 9.55 Å². The maximum absolute atomic E-state index is 15.9. The predicted octanol–water partition coefficient (Wildman–Crippen LogP) is 16.6. The number of aromatic amines is 1. The zero-order chi connectivity index (χ0) is 52.1. The number of H-pyrrole nitrogens is 1. The van der Waals surface area contributed by atoms with Gasteiger partial charge >= 0.3 is 0 Å². The Labute approximate surface area is 440 Å². The molecule has 8 nitrogen and oxygen atoms in total. The summed E-state index contributed by atoms with van der Waals surface area (Å²) in [5.41, 5.74) is 8.53. The van der Waals surface area contributed by atoms with E-state index in [2.05, 4.69) is 80.6 Å². The van der Waals surface area contributed by atoms with Crippen LogP contribution in [0.1, 0.15) is 0 Å². The number of nitrogens with one attached hydrogen (secondary N) is 1. The van der Waals surface area contributed by atoms with Crippen LogP contribution >= 0.6 is 0 Å². The highest BCUT2D eigenvalue weighted by molar-refractivity contribution is 6.10. The highest BCUT2D eigenvalue weighted by Gasteiger charge is 2.22. The lowest BCUT2D eigenvalue weighted by molar-refractivity contribution is 0.510. The third kappa shape index (κ3) is 9.68. The lowest BCUT2D eigenvalue weighted by Crippen LogP contribution is -2.05. The average molecular weight is 1010 g/mol. The lowest BCUT2D eigenvalue weighted by atomic mass is 10.1. The molecule has 0 atom stereocenters. The normalized spacial score (nSPS) is 11.1. The number of benzene rings is 10. The Morgan fingerprint density at radius 1 is 0.273 bits per heavy atom. The van der Waals surface area contributed by atoms with Crippen LogP contribution in [0.3, 0.4) is 0 Å². The molecule has 14 aromatic rings. The van der Waals surface area contributed by atoms with Gasteiger partial charge in [0.1, 0.15) is 5.82 Å². The molecule has 368 valence electrons. The number of aromatic nitrogens is 8. The molecule has 0 saturated carbocycles. The molecule has 0 aliphatic carbocycles. The van der Waals surface area contributed by atoms with Crippen molar-refractivity contribution in [3.8, 4) is 74.0 Å². The molecular weight excluding hydrogens is 962 g/mol. The van der Waals surface area contributed by atoms with Gasteiger partial charge in [-0.2, -0.15) is 0 Å². The summed E-state index contributed by atoms with van der Waals surface area (Å²) >= 11 is 0. The van der Waals surface area contributed by atoms with E-state index in [9.17, 15) is 8.78 Å². The molecule has 0 spiro atoms. The van der Waals surface area contributed by atoms with E-state index < -0.39 is 11.6 Å². The molecule has 4 heterocycles. The van der Waals surface area contributed by atoms with E-state index in [0.29, 0.717) is 40.4 Å². The van der Waals surface area contributed by atoms with Gasteiger partial charge in [0.05, 0.1) is 22.3 Å². The highest BCUT2D eigenvalue weighted by atomic mass is 19.2. The van der Waals surface area contributed by atoms with Crippen LogP contribution in [0, 0.1) is 17.5 Å². The molecule has 0 unspecified atom stereocenters. The molecule has 0 aliphatic heterocycles. The summed E-state index contributed by atoms with van der Waals surface area (Å²) in [5, 5.41) is 4.72. The van der Waals surface area contributed by atoms with Crippen molar-refractivity contribution in [3.63, 3.8) is 0 Å². The van der Waals surface area contributed by atoms with Crippen LogP contribution in [0.2, 0.25) is 0 Å². The smallest absolute Gasteiger partial charge is 0.169 e. The van der Waals surface area contributed by atoms with Gasteiger partial charge in [0.15, 0.2) is 46.6 Å². The second-order valence-corrected chi connectivity index (χ2v) is 17.9. The van der Waals surface area contributed by atoms with E-state index in [1.54, 1.807) is 6.07 Å². The maximum atomic E-state index is 15.9. The topological polar surface area (TPSA) is 98.1 Å². The number of fused-ring (bicyclic) bond motifs is 6. The summed E-state index contributed by atoms with van der Waals surface area (Å²) in [4.78, 5) is 31.2. The molecule has 10 aromatic carbocycles. The zero-order valence-electron chi connectivity index (χ0n) is 41.0. The van der Waals surface area contributed by atoms with Gasteiger partial charge in [0.2, 0.25) is 0 Å². The van der Waals surface area contributed by atoms with Gasteiger partial charge in [0, 0.05) is 60.4 Å². The predicted molar refractivity (Wildman–Crippen MR) is 302 cm³/mol. The highest BCUT2D eigenvalue weighted by Crippen LogP contribution is 2.38. The van der Waals surface area contributed by atoms with Gasteiger partial charge in [-0.15, -0.1) is 0 Å². The average Bonchev–Trinajstić information content (AvgIpc) is 4.11. The molecule has 0 fully saturated rings. The number of hydrogen-bond donors (Lipinski definition) is 1. The SMILES string of the molecule is Fc1cccc(-c2nc(-c3ccccc3)nc(-c3ccccc3)n2)c1-n1c2ccccc2c2ccccc21.Fc1cccc(-c2nc(-c3ccccc3)nc(-c3ccccc3)n2)c1F.c1ccc2c(c1)[nH]c1ccccc12. The molecule has 0 aliphatic rings. The first kappa shape index (κ1) is 47.6. The minimum Gasteiger partial charge on any atom is -0.355 e. The first-order valence-electron chi connectivity index (χ1n) is 24.9. The quantitative estimate of drug-likeness (QED) is 0.171.